The zero-order chi connectivity index (χ0) is 17.9. The Morgan fingerprint density at radius 1 is 1.15 bits per heavy atom. The van der Waals surface area contributed by atoms with Gasteiger partial charge in [-0.3, -0.25) is 15.2 Å². The van der Waals surface area contributed by atoms with Crippen LogP contribution in [0.4, 0.5) is 10.1 Å². The van der Waals surface area contributed by atoms with Gasteiger partial charge < -0.3 is 5.32 Å². The van der Waals surface area contributed by atoms with Crippen molar-refractivity contribution in [2.24, 2.45) is 10.1 Å². The van der Waals surface area contributed by atoms with Crippen LogP contribution in [-0.2, 0) is 17.8 Å². The van der Waals surface area contributed by atoms with Gasteiger partial charge in [0, 0.05) is 17.9 Å². The van der Waals surface area contributed by atoms with Crippen molar-refractivity contribution in [2.45, 2.75) is 19.4 Å². The van der Waals surface area contributed by atoms with E-state index in [-0.39, 0.29) is 11.7 Å². The first kappa shape index (κ1) is 16.8. The number of hydrazone groups is 1. The van der Waals surface area contributed by atoms with Crippen LogP contribution in [0.2, 0.25) is 0 Å². The molecule has 0 spiro atoms. The molecular formula is C19H17FN4OS. The minimum absolute atomic E-state index is 0.0690. The molecular weight excluding hydrogens is 351 g/mol. The third-order valence-corrected chi connectivity index (χ3v) is 5.20. The lowest BCUT2D eigenvalue weighted by molar-refractivity contribution is -0.116. The zero-order valence-electron chi connectivity index (χ0n) is 14.0. The first-order chi connectivity index (χ1) is 12.7. The summed E-state index contributed by atoms with van der Waals surface area (Å²) in [6.07, 6.45) is 1.28. The molecule has 2 heterocycles. The van der Waals surface area contributed by atoms with Crippen LogP contribution in [-0.4, -0.2) is 22.5 Å². The third-order valence-electron chi connectivity index (χ3n) is 4.28. The lowest BCUT2D eigenvalue weighted by Crippen LogP contribution is -2.26. The van der Waals surface area contributed by atoms with Crippen molar-refractivity contribution in [3.05, 3.63) is 65.0 Å². The number of carbonyl (C=O) groups is 1. The molecule has 0 saturated heterocycles. The molecule has 2 aromatic rings. The second kappa shape index (κ2) is 7.29. The van der Waals surface area contributed by atoms with Gasteiger partial charge >= 0.3 is 0 Å². The Bertz CT molecular complexity index is 908. The molecule has 0 saturated carbocycles. The molecule has 0 unspecified atom stereocenters. The van der Waals surface area contributed by atoms with E-state index in [1.807, 2.05) is 12.1 Å². The average Bonchev–Trinajstić information content (AvgIpc) is 2.67. The summed E-state index contributed by atoms with van der Waals surface area (Å²) in [5, 5.41) is 8.08. The molecule has 4 rings (SSSR count). The van der Waals surface area contributed by atoms with Crippen LogP contribution in [0.3, 0.4) is 0 Å². The van der Waals surface area contributed by atoms with Crippen molar-refractivity contribution in [2.75, 3.05) is 11.1 Å². The molecule has 26 heavy (non-hydrogen) atoms. The maximum absolute atomic E-state index is 12.9. The number of amidine groups is 1. The molecule has 0 aliphatic carbocycles. The van der Waals surface area contributed by atoms with E-state index in [1.54, 1.807) is 23.9 Å². The largest absolute Gasteiger partial charge is 0.326 e. The average molecular weight is 368 g/mol. The molecule has 0 fully saturated rings. The Morgan fingerprint density at radius 3 is 2.77 bits per heavy atom. The van der Waals surface area contributed by atoms with Crippen molar-refractivity contribution >= 4 is 34.2 Å². The number of aryl methyl sites for hydroxylation is 1. The van der Waals surface area contributed by atoms with Gasteiger partial charge in [0.15, 0.2) is 5.17 Å². The van der Waals surface area contributed by atoms with E-state index in [1.165, 1.54) is 12.1 Å². The first-order valence-corrected chi connectivity index (χ1v) is 9.33. The van der Waals surface area contributed by atoms with E-state index >= 15 is 0 Å². The highest BCUT2D eigenvalue weighted by Crippen LogP contribution is 2.25. The highest BCUT2D eigenvalue weighted by Gasteiger charge is 2.18. The molecule has 1 amide bonds. The number of hydrogen-bond donors (Lipinski definition) is 2. The van der Waals surface area contributed by atoms with Crippen LogP contribution in [0.1, 0.15) is 23.1 Å². The number of rotatable bonds is 3. The van der Waals surface area contributed by atoms with Crippen LogP contribution in [0.15, 0.2) is 52.6 Å². The van der Waals surface area contributed by atoms with Gasteiger partial charge in [0.2, 0.25) is 5.91 Å². The van der Waals surface area contributed by atoms with Gasteiger partial charge in [-0.1, -0.05) is 30.0 Å². The summed E-state index contributed by atoms with van der Waals surface area (Å²) in [7, 11) is 0. The minimum Gasteiger partial charge on any atom is -0.326 e. The zero-order valence-corrected chi connectivity index (χ0v) is 14.8. The maximum Gasteiger partial charge on any atom is 0.224 e. The van der Waals surface area contributed by atoms with E-state index in [2.05, 4.69) is 26.9 Å². The molecule has 2 N–H and O–H groups in total. The van der Waals surface area contributed by atoms with Crippen LogP contribution in [0.5, 0.6) is 0 Å². The van der Waals surface area contributed by atoms with Crippen molar-refractivity contribution in [1.29, 1.82) is 0 Å². The summed E-state index contributed by atoms with van der Waals surface area (Å²) in [6, 6.07) is 12.3. The number of hydrogen-bond acceptors (Lipinski definition) is 4. The highest BCUT2D eigenvalue weighted by molar-refractivity contribution is 8.14. The fourth-order valence-corrected chi connectivity index (χ4v) is 3.63. The van der Waals surface area contributed by atoms with Gasteiger partial charge in [-0.15, -0.1) is 0 Å². The van der Waals surface area contributed by atoms with E-state index in [9.17, 15) is 9.18 Å². The van der Waals surface area contributed by atoms with Gasteiger partial charge in [-0.2, -0.15) is 5.10 Å². The van der Waals surface area contributed by atoms with Crippen LogP contribution in [0, 0.1) is 5.82 Å². The Morgan fingerprint density at radius 2 is 2.00 bits per heavy atom. The van der Waals surface area contributed by atoms with Crippen LogP contribution < -0.4 is 10.7 Å². The van der Waals surface area contributed by atoms with Gasteiger partial charge in [0.1, 0.15) is 5.82 Å². The standard InChI is InChI=1S/C19H17FN4OS/c20-15-5-1-12(2-6-15)10-21-19-24-23-17(11-26-19)14-3-7-16-13(9-14)4-8-18(25)22-16/h1-3,5-7,9H,4,8,10-11H2,(H,21,24)(H,22,25). The molecule has 2 aliphatic heterocycles. The molecule has 132 valence electrons. The number of anilines is 1. The van der Waals surface area contributed by atoms with Crippen molar-refractivity contribution in [3.8, 4) is 0 Å². The normalized spacial score (nSPS) is 18.0. The van der Waals surface area contributed by atoms with E-state index < -0.39 is 0 Å². The maximum atomic E-state index is 12.9. The summed E-state index contributed by atoms with van der Waals surface area (Å²) in [5.41, 5.74) is 7.99. The van der Waals surface area contributed by atoms with E-state index in [4.69, 9.17) is 0 Å². The fourth-order valence-electron chi connectivity index (χ4n) is 2.86. The van der Waals surface area contributed by atoms with Gasteiger partial charge in [-0.25, -0.2) is 4.39 Å². The van der Waals surface area contributed by atoms with Crippen LogP contribution >= 0.6 is 11.8 Å². The van der Waals surface area contributed by atoms with E-state index in [0.717, 1.165) is 45.4 Å². The van der Waals surface area contributed by atoms with Gasteiger partial charge in [-0.05, 0) is 47.4 Å². The van der Waals surface area contributed by atoms with Gasteiger partial charge in [0.05, 0.1) is 12.3 Å². The number of halogens is 1. The van der Waals surface area contributed by atoms with Crippen molar-refractivity contribution in [3.63, 3.8) is 0 Å². The Hall–Kier alpha value is -2.67. The molecule has 0 atom stereocenters. The Labute approximate surface area is 154 Å². The summed E-state index contributed by atoms with van der Waals surface area (Å²) in [6.45, 7) is 0.485. The molecule has 0 radical (unpaired) electrons. The number of benzene rings is 2. The lowest BCUT2D eigenvalue weighted by Gasteiger charge is -2.19. The fraction of sp³-hybridized carbons (Fsp3) is 0.211. The van der Waals surface area contributed by atoms with Crippen LogP contribution in [0.25, 0.3) is 0 Å². The number of fused-ring (bicyclic) bond motifs is 1. The SMILES string of the molecule is O=C1CCc2cc(C3=NNC(=NCc4ccc(F)cc4)SC3)ccc2N1. The summed E-state index contributed by atoms with van der Waals surface area (Å²) in [4.78, 5) is 15.9. The number of carbonyl (C=O) groups excluding carboxylic acids is 1. The number of nitrogens with one attached hydrogen (secondary N) is 2. The quantitative estimate of drug-likeness (QED) is 0.874. The Kier molecular flexibility index (Phi) is 4.71. The molecule has 0 bridgehead atoms. The minimum atomic E-state index is -0.245. The molecule has 0 aromatic heterocycles. The molecule has 2 aromatic carbocycles. The summed E-state index contributed by atoms with van der Waals surface area (Å²) in [5.74, 6) is 0.547. The topological polar surface area (TPSA) is 65.8 Å². The molecule has 7 heteroatoms. The number of nitrogens with zero attached hydrogens (tertiary/aromatic N) is 2. The first-order valence-electron chi connectivity index (χ1n) is 8.35. The second-order valence-electron chi connectivity index (χ2n) is 6.13. The lowest BCUT2D eigenvalue weighted by atomic mass is 9.99. The van der Waals surface area contributed by atoms with E-state index in [0.29, 0.717) is 13.0 Å². The summed E-state index contributed by atoms with van der Waals surface area (Å²) < 4.78 is 12.9. The highest BCUT2D eigenvalue weighted by atomic mass is 32.2. The van der Waals surface area contributed by atoms with Crippen molar-refractivity contribution in [1.82, 2.24) is 5.43 Å². The third kappa shape index (κ3) is 3.77. The smallest absolute Gasteiger partial charge is 0.224 e. The predicted octanol–water partition coefficient (Wildman–Crippen LogP) is 3.31. The predicted molar refractivity (Wildman–Crippen MR) is 103 cm³/mol. The second-order valence-corrected chi connectivity index (χ2v) is 7.09. The number of amides is 1. The Balaban J connectivity index is 1.43. The molecule has 5 nitrogen and oxygen atoms in total. The van der Waals surface area contributed by atoms with Crippen molar-refractivity contribution < 1.29 is 9.18 Å². The monoisotopic (exact) mass is 368 g/mol. The molecule has 2 aliphatic rings. The number of aliphatic imine (C=N–C) groups is 1. The summed E-state index contributed by atoms with van der Waals surface area (Å²) >= 11 is 1.59. The number of thioether (sulfide) groups is 1. The van der Waals surface area contributed by atoms with Gasteiger partial charge in [0.25, 0.3) is 0 Å².